The van der Waals surface area contributed by atoms with Gasteiger partial charge in [0.25, 0.3) is 5.69 Å². The summed E-state index contributed by atoms with van der Waals surface area (Å²) in [4.78, 5) is 10.0. The second-order valence-electron chi connectivity index (χ2n) is 4.26. The van der Waals surface area contributed by atoms with Crippen LogP contribution in [0.15, 0.2) is 36.9 Å². The van der Waals surface area contributed by atoms with Crippen molar-refractivity contribution in [1.29, 1.82) is 0 Å². The van der Waals surface area contributed by atoms with Gasteiger partial charge in [0.15, 0.2) is 0 Å². The normalized spacial score (nSPS) is 12.1. The zero-order chi connectivity index (χ0) is 14.8. The Morgan fingerprint density at radius 3 is 2.70 bits per heavy atom. The zero-order valence-electron chi connectivity index (χ0n) is 11.3. The summed E-state index contributed by atoms with van der Waals surface area (Å²) >= 11 is 0. The fraction of sp³-hybridized carbons (Fsp3) is 0.429. The first-order valence-corrected chi connectivity index (χ1v) is 6.47. The number of nitrogens with one attached hydrogen (secondary N) is 1. The van der Waals surface area contributed by atoms with Gasteiger partial charge in [-0.05, 0) is 24.1 Å². The van der Waals surface area contributed by atoms with Crippen molar-refractivity contribution in [3.05, 3.63) is 52.6 Å². The highest BCUT2D eigenvalue weighted by molar-refractivity contribution is 5.33. The predicted octanol–water partition coefficient (Wildman–Crippen LogP) is 1.81. The van der Waals surface area contributed by atoms with E-state index >= 15 is 0 Å². The zero-order valence-corrected chi connectivity index (χ0v) is 11.3. The molecule has 0 saturated carbocycles. The molecular formula is C14H20N2O4. The lowest BCUT2D eigenvalue weighted by Crippen LogP contribution is -2.25. The van der Waals surface area contributed by atoms with Gasteiger partial charge in [0, 0.05) is 25.2 Å². The van der Waals surface area contributed by atoms with E-state index in [1.807, 2.05) is 0 Å². The van der Waals surface area contributed by atoms with Crippen LogP contribution in [-0.2, 0) is 4.74 Å². The van der Waals surface area contributed by atoms with E-state index in [0.29, 0.717) is 31.9 Å². The van der Waals surface area contributed by atoms with Gasteiger partial charge in [-0.25, -0.2) is 0 Å². The quantitative estimate of drug-likeness (QED) is 0.295. The summed E-state index contributed by atoms with van der Waals surface area (Å²) in [6.07, 6.45) is 1.93. The van der Waals surface area contributed by atoms with Crippen LogP contribution in [-0.4, -0.2) is 36.3 Å². The summed E-state index contributed by atoms with van der Waals surface area (Å²) < 4.78 is 5.31. The monoisotopic (exact) mass is 280 g/mol. The molecule has 1 aromatic rings. The van der Waals surface area contributed by atoms with Crippen molar-refractivity contribution in [3.63, 3.8) is 0 Å². The van der Waals surface area contributed by atoms with E-state index in [-0.39, 0.29) is 5.69 Å². The fourth-order valence-corrected chi connectivity index (χ4v) is 1.59. The third kappa shape index (κ3) is 5.92. The first-order chi connectivity index (χ1) is 9.65. The number of aliphatic hydroxyl groups is 1. The molecule has 0 aromatic heterocycles. The minimum atomic E-state index is -0.691. The van der Waals surface area contributed by atoms with Crippen LogP contribution in [0.1, 0.15) is 18.1 Å². The second-order valence-corrected chi connectivity index (χ2v) is 4.26. The fourth-order valence-electron chi connectivity index (χ4n) is 1.59. The van der Waals surface area contributed by atoms with Crippen molar-refractivity contribution in [2.75, 3.05) is 26.3 Å². The number of benzene rings is 1. The van der Waals surface area contributed by atoms with E-state index in [4.69, 9.17) is 4.74 Å². The van der Waals surface area contributed by atoms with Gasteiger partial charge in [-0.1, -0.05) is 6.08 Å². The SMILES string of the molecule is C=CCCOCCNCC(O)c1ccc([N+](=O)[O-])cc1. The van der Waals surface area contributed by atoms with E-state index in [1.54, 1.807) is 18.2 Å². The minimum Gasteiger partial charge on any atom is -0.387 e. The smallest absolute Gasteiger partial charge is 0.269 e. The van der Waals surface area contributed by atoms with Crippen LogP contribution >= 0.6 is 0 Å². The number of nitro groups is 1. The van der Waals surface area contributed by atoms with Crippen molar-refractivity contribution in [3.8, 4) is 0 Å². The van der Waals surface area contributed by atoms with E-state index in [0.717, 1.165) is 6.42 Å². The van der Waals surface area contributed by atoms with Crippen LogP contribution in [0, 0.1) is 10.1 Å². The highest BCUT2D eigenvalue weighted by Crippen LogP contribution is 2.17. The lowest BCUT2D eigenvalue weighted by atomic mass is 10.1. The third-order valence-electron chi connectivity index (χ3n) is 2.72. The van der Waals surface area contributed by atoms with Gasteiger partial charge in [0.1, 0.15) is 0 Å². The molecular weight excluding hydrogens is 260 g/mol. The predicted molar refractivity (Wildman–Crippen MR) is 76.6 cm³/mol. The van der Waals surface area contributed by atoms with E-state index in [9.17, 15) is 15.2 Å². The molecule has 6 heteroatoms. The highest BCUT2D eigenvalue weighted by Gasteiger charge is 2.09. The number of nitrogens with zero attached hydrogens (tertiary/aromatic N) is 1. The average Bonchev–Trinajstić information content (AvgIpc) is 2.46. The molecule has 110 valence electrons. The summed E-state index contributed by atoms with van der Waals surface area (Å²) in [5, 5.41) is 23.5. The summed E-state index contributed by atoms with van der Waals surface area (Å²) in [6.45, 7) is 5.83. The lowest BCUT2D eigenvalue weighted by molar-refractivity contribution is -0.384. The van der Waals surface area contributed by atoms with Crippen LogP contribution in [0.4, 0.5) is 5.69 Å². The third-order valence-corrected chi connectivity index (χ3v) is 2.72. The van der Waals surface area contributed by atoms with E-state index in [2.05, 4.69) is 11.9 Å². The maximum atomic E-state index is 10.5. The summed E-state index contributed by atoms with van der Waals surface area (Å²) in [7, 11) is 0. The molecule has 0 amide bonds. The minimum absolute atomic E-state index is 0.0181. The van der Waals surface area contributed by atoms with Gasteiger partial charge >= 0.3 is 0 Å². The standard InChI is InChI=1S/C14H20N2O4/c1-2-3-9-20-10-8-15-11-14(17)12-4-6-13(7-5-12)16(18)19/h2,4-7,14-15,17H,1,3,8-11H2. The van der Waals surface area contributed by atoms with Crippen molar-refractivity contribution < 1.29 is 14.8 Å². The Balaban J connectivity index is 2.23. The van der Waals surface area contributed by atoms with Gasteiger partial charge in [-0.3, -0.25) is 10.1 Å². The topological polar surface area (TPSA) is 84.6 Å². The van der Waals surface area contributed by atoms with Gasteiger partial charge in [0.05, 0.1) is 24.2 Å². The number of hydrogen-bond acceptors (Lipinski definition) is 5. The second kappa shape index (κ2) is 9.19. The van der Waals surface area contributed by atoms with Crippen LogP contribution in [0.25, 0.3) is 0 Å². The Labute approximate surface area is 118 Å². The van der Waals surface area contributed by atoms with Crippen LogP contribution in [0.2, 0.25) is 0 Å². The first-order valence-electron chi connectivity index (χ1n) is 6.47. The van der Waals surface area contributed by atoms with E-state index < -0.39 is 11.0 Å². The van der Waals surface area contributed by atoms with Gasteiger partial charge in [0.2, 0.25) is 0 Å². The van der Waals surface area contributed by atoms with Crippen molar-refractivity contribution in [2.45, 2.75) is 12.5 Å². The van der Waals surface area contributed by atoms with Crippen LogP contribution < -0.4 is 5.32 Å². The van der Waals surface area contributed by atoms with Gasteiger partial charge < -0.3 is 15.2 Å². The van der Waals surface area contributed by atoms with Gasteiger partial charge in [-0.15, -0.1) is 6.58 Å². The molecule has 20 heavy (non-hydrogen) atoms. The Hall–Kier alpha value is -1.76. The molecule has 1 rings (SSSR count). The largest absolute Gasteiger partial charge is 0.387 e. The molecule has 0 aliphatic rings. The maximum Gasteiger partial charge on any atom is 0.269 e. The molecule has 0 saturated heterocycles. The van der Waals surface area contributed by atoms with Crippen LogP contribution in [0.5, 0.6) is 0 Å². The number of aliphatic hydroxyl groups excluding tert-OH is 1. The Morgan fingerprint density at radius 1 is 1.40 bits per heavy atom. The molecule has 1 aromatic carbocycles. The summed E-state index contributed by atoms with van der Waals surface area (Å²) in [5.41, 5.74) is 0.667. The molecule has 0 aliphatic heterocycles. The first kappa shape index (κ1) is 16.3. The molecule has 1 atom stereocenters. The Morgan fingerprint density at radius 2 is 2.10 bits per heavy atom. The molecule has 6 nitrogen and oxygen atoms in total. The van der Waals surface area contributed by atoms with Crippen molar-refractivity contribution >= 4 is 5.69 Å². The Kier molecular flexibility index (Phi) is 7.49. The molecule has 2 N–H and O–H groups in total. The average molecular weight is 280 g/mol. The molecule has 0 aliphatic carbocycles. The lowest BCUT2D eigenvalue weighted by Gasteiger charge is -2.12. The molecule has 0 spiro atoms. The summed E-state index contributed by atoms with van der Waals surface area (Å²) in [5.74, 6) is 0. The molecule has 0 radical (unpaired) electrons. The number of non-ortho nitro benzene ring substituents is 1. The maximum absolute atomic E-state index is 10.5. The number of ether oxygens (including phenoxy) is 1. The van der Waals surface area contributed by atoms with Crippen molar-refractivity contribution in [1.82, 2.24) is 5.32 Å². The molecule has 0 fully saturated rings. The highest BCUT2D eigenvalue weighted by atomic mass is 16.6. The Bertz CT molecular complexity index is 420. The molecule has 0 heterocycles. The summed E-state index contributed by atoms with van der Waals surface area (Å²) in [6, 6.07) is 5.89. The van der Waals surface area contributed by atoms with Crippen molar-refractivity contribution in [2.24, 2.45) is 0 Å². The van der Waals surface area contributed by atoms with Gasteiger partial charge in [-0.2, -0.15) is 0 Å². The number of rotatable bonds is 10. The molecule has 0 bridgehead atoms. The number of hydrogen-bond donors (Lipinski definition) is 2. The molecule has 1 unspecified atom stereocenters. The van der Waals surface area contributed by atoms with Crippen LogP contribution in [0.3, 0.4) is 0 Å². The number of nitro benzene ring substituents is 1. The van der Waals surface area contributed by atoms with E-state index in [1.165, 1.54) is 12.1 Å².